The van der Waals surface area contributed by atoms with Gasteiger partial charge in [0.2, 0.25) is 0 Å². The zero-order valence-electron chi connectivity index (χ0n) is 18.0. The number of aromatic nitrogens is 2. The maximum absolute atomic E-state index is 15.0. The summed E-state index contributed by atoms with van der Waals surface area (Å²) in [5.74, 6) is 0.00464. The molecule has 0 radical (unpaired) electrons. The van der Waals surface area contributed by atoms with E-state index in [-0.39, 0.29) is 33.3 Å². The van der Waals surface area contributed by atoms with Crippen LogP contribution in [0.3, 0.4) is 0 Å². The molecule has 7 nitrogen and oxygen atoms in total. The molecule has 0 bridgehead atoms. The van der Waals surface area contributed by atoms with E-state index in [1.165, 1.54) is 18.5 Å². The third kappa shape index (κ3) is 5.61. The summed E-state index contributed by atoms with van der Waals surface area (Å²) in [7, 11) is -0.0808. The molecule has 1 atom stereocenters. The van der Waals surface area contributed by atoms with Crippen LogP contribution in [-0.2, 0) is 15.5 Å². The van der Waals surface area contributed by atoms with E-state index in [9.17, 15) is 18.0 Å². The van der Waals surface area contributed by atoms with Crippen molar-refractivity contribution < 1.29 is 27.1 Å². The minimum atomic E-state index is -2.74. The lowest BCUT2D eigenvalue weighted by Crippen LogP contribution is -2.40. The third-order valence-corrected chi connectivity index (χ3v) is 6.98. The Kier molecular flexibility index (Phi) is 7.25. The molecular formula is C22H21F4N5O2S. The summed E-state index contributed by atoms with van der Waals surface area (Å²) in [6, 6.07) is 5.12. The maximum atomic E-state index is 15.0. The molecule has 0 saturated carbocycles. The largest absolute Gasteiger partial charge is 0.481 e. The number of fused-ring (bicyclic) bond motifs is 1. The van der Waals surface area contributed by atoms with Gasteiger partial charge < -0.3 is 15.4 Å². The van der Waals surface area contributed by atoms with Gasteiger partial charge in [0.25, 0.3) is 12.3 Å². The molecule has 3 aromatic rings. The van der Waals surface area contributed by atoms with Gasteiger partial charge in [0, 0.05) is 23.6 Å². The topological polar surface area (TPSA) is 88.5 Å². The van der Waals surface area contributed by atoms with Crippen LogP contribution >= 0.6 is 0 Å². The summed E-state index contributed by atoms with van der Waals surface area (Å²) in [6.45, 7) is 0.527. The highest BCUT2D eigenvalue weighted by atomic mass is 32.2. The minimum absolute atomic E-state index is 0.0789. The number of amides is 1. The van der Waals surface area contributed by atoms with Crippen molar-refractivity contribution >= 4 is 44.7 Å². The molecule has 4 rings (SSSR count). The minimum Gasteiger partial charge on any atom is -0.481 e. The SMILES string of the molecule is CC(NC(=O)COc1cc(F)ccc1Nc1ncnc2cc(N=S3CCC3)cc(F)c12)C(F)F. The van der Waals surface area contributed by atoms with Gasteiger partial charge in [0.15, 0.2) is 6.61 Å². The number of carbonyl (C=O) groups excluding carboxylic acids is 1. The summed E-state index contributed by atoms with van der Waals surface area (Å²) in [6.07, 6.45) is -0.366. The van der Waals surface area contributed by atoms with Crippen LogP contribution in [0.4, 0.5) is 34.8 Å². The highest BCUT2D eigenvalue weighted by molar-refractivity contribution is 7.88. The smallest absolute Gasteiger partial charge is 0.258 e. The second kappa shape index (κ2) is 10.3. The number of hydrogen-bond donors (Lipinski definition) is 2. The summed E-state index contributed by atoms with van der Waals surface area (Å²) >= 11 is 0. The molecule has 34 heavy (non-hydrogen) atoms. The lowest BCUT2D eigenvalue weighted by Gasteiger charge is -2.17. The predicted octanol–water partition coefficient (Wildman–Crippen LogP) is 4.64. The van der Waals surface area contributed by atoms with Gasteiger partial charge in [-0.1, -0.05) is 10.7 Å². The fourth-order valence-corrected chi connectivity index (χ4v) is 4.27. The molecule has 1 amide bonds. The van der Waals surface area contributed by atoms with Crippen LogP contribution in [0.15, 0.2) is 41.0 Å². The molecule has 180 valence electrons. The molecule has 1 saturated heterocycles. The number of carbonyl (C=O) groups is 1. The van der Waals surface area contributed by atoms with Crippen molar-refractivity contribution in [3.63, 3.8) is 0 Å². The first-order valence-corrected chi connectivity index (χ1v) is 11.9. The Bertz CT molecular complexity index is 1250. The van der Waals surface area contributed by atoms with Crippen molar-refractivity contribution in [3.8, 4) is 5.75 Å². The lowest BCUT2D eigenvalue weighted by molar-refractivity contribution is -0.124. The van der Waals surface area contributed by atoms with E-state index in [1.807, 2.05) is 0 Å². The molecular weight excluding hydrogens is 474 g/mol. The molecule has 1 unspecified atom stereocenters. The molecule has 2 heterocycles. The van der Waals surface area contributed by atoms with Gasteiger partial charge in [-0.3, -0.25) is 4.79 Å². The number of rotatable bonds is 8. The Morgan fingerprint density at radius 3 is 2.71 bits per heavy atom. The number of ether oxygens (including phenoxy) is 1. The Morgan fingerprint density at radius 1 is 1.21 bits per heavy atom. The second-order valence-corrected chi connectivity index (χ2v) is 9.53. The summed E-state index contributed by atoms with van der Waals surface area (Å²) < 4.78 is 64.0. The fraction of sp³-hybridized carbons (Fsp3) is 0.318. The number of alkyl halides is 2. The summed E-state index contributed by atoms with van der Waals surface area (Å²) in [5.41, 5.74) is 1.04. The van der Waals surface area contributed by atoms with Gasteiger partial charge in [-0.15, -0.1) is 0 Å². The zero-order chi connectivity index (χ0) is 24.2. The first kappa shape index (κ1) is 23.9. The van der Waals surface area contributed by atoms with Crippen molar-refractivity contribution in [2.24, 2.45) is 4.36 Å². The molecule has 2 aromatic carbocycles. The molecule has 1 fully saturated rings. The van der Waals surface area contributed by atoms with Crippen LogP contribution in [0.1, 0.15) is 13.3 Å². The molecule has 1 aliphatic heterocycles. The average molecular weight is 496 g/mol. The quantitative estimate of drug-likeness (QED) is 0.445. The monoisotopic (exact) mass is 495 g/mol. The Hall–Kier alpha value is -3.28. The van der Waals surface area contributed by atoms with Crippen LogP contribution < -0.4 is 15.4 Å². The van der Waals surface area contributed by atoms with Gasteiger partial charge in [-0.2, -0.15) is 0 Å². The fourth-order valence-electron chi connectivity index (χ4n) is 3.14. The highest BCUT2D eigenvalue weighted by Crippen LogP contribution is 2.33. The summed E-state index contributed by atoms with van der Waals surface area (Å²) in [5, 5.41) is 5.08. The maximum Gasteiger partial charge on any atom is 0.258 e. The van der Waals surface area contributed by atoms with E-state index in [4.69, 9.17) is 4.74 Å². The average Bonchev–Trinajstić information content (AvgIpc) is 2.76. The van der Waals surface area contributed by atoms with Gasteiger partial charge in [0.1, 0.15) is 29.5 Å². The Balaban J connectivity index is 1.57. The normalized spacial score (nSPS) is 14.5. The van der Waals surface area contributed by atoms with Crippen LogP contribution in [0.5, 0.6) is 5.75 Å². The van der Waals surface area contributed by atoms with E-state index >= 15 is 4.39 Å². The van der Waals surface area contributed by atoms with Crippen molar-refractivity contribution in [3.05, 3.63) is 48.3 Å². The molecule has 0 aliphatic carbocycles. The van der Waals surface area contributed by atoms with E-state index in [2.05, 4.69) is 25.0 Å². The molecule has 2 N–H and O–H groups in total. The second-order valence-electron chi connectivity index (χ2n) is 7.60. The molecule has 1 aromatic heterocycles. The number of hydrogen-bond acceptors (Lipinski definition) is 6. The predicted molar refractivity (Wildman–Crippen MR) is 122 cm³/mol. The highest BCUT2D eigenvalue weighted by Gasteiger charge is 2.19. The van der Waals surface area contributed by atoms with Crippen LogP contribution in [0.25, 0.3) is 10.9 Å². The van der Waals surface area contributed by atoms with Crippen molar-refractivity contribution in [2.75, 3.05) is 23.4 Å². The van der Waals surface area contributed by atoms with Crippen molar-refractivity contribution in [1.29, 1.82) is 0 Å². The van der Waals surface area contributed by atoms with Gasteiger partial charge in [-0.25, -0.2) is 31.9 Å². The molecule has 1 aliphatic rings. The van der Waals surface area contributed by atoms with Gasteiger partial charge in [0.05, 0.1) is 28.3 Å². The number of nitrogens with one attached hydrogen (secondary N) is 2. The van der Waals surface area contributed by atoms with E-state index in [0.29, 0.717) is 11.2 Å². The number of anilines is 2. The molecule has 12 heteroatoms. The van der Waals surface area contributed by atoms with Crippen molar-refractivity contribution in [2.45, 2.75) is 25.8 Å². The Labute approximate surface area is 195 Å². The zero-order valence-corrected chi connectivity index (χ0v) is 18.8. The van der Waals surface area contributed by atoms with Crippen molar-refractivity contribution in [1.82, 2.24) is 15.3 Å². The first-order valence-electron chi connectivity index (χ1n) is 10.4. The lowest BCUT2D eigenvalue weighted by atomic mass is 10.2. The van der Waals surface area contributed by atoms with Gasteiger partial charge in [-0.05, 0) is 31.5 Å². The van der Waals surface area contributed by atoms with Crippen LogP contribution in [0, 0.1) is 11.6 Å². The Morgan fingerprint density at radius 2 is 2.00 bits per heavy atom. The summed E-state index contributed by atoms with van der Waals surface area (Å²) in [4.78, 5) is 20.1. The van der Waals surface area contributed by atoms with Crippen LogP contribution in [-0.4, -0.2) is 46.5 Å². The number of benzene rings is 2. The van der Waals surface area contributed by atoms with E-state index < -0.39 is 36.6 Å². The number of nitrogens with zero attached hydrogens (tertiary/aromatic N) is 3. The first-order chi connectivity index (χ1) is 16.3. The third-order valence-electron chi connectivity index (χ3n) is 4.99. The standard InChI is InChI=1S/C22H21F4N5O2S/c1-12(21(25)26)29-19(32)10-33-18-7-13(23)3-4-16(18)30-22-20-15(24)8-14(31-34-5-2-6-34)9-17(20)27-11-28-22/h3-4,7-9,11-12,21H,2,5-6,10H2,1H3,(H,29,32)(H,27,28,30). The number of halogens is 4. The van der Waals surface area contributed by atoms with E-state index in [1.54, 1.807) is 6.07 Å². The molecule has 0 spiro atoms. The van der Waals surface area contributed by atoms with E-state index in [0.717, 1.165) is 37.0 Å². The van der Waals surface area contributed by atoms with Gasteiger partial charge >= 0.3 is 0 Å². The van der Waals surface area contributed by atoms with Crippen LogP contribution in [0.2, 0.25) is 0 Å².